The van der Waals surface area contributed by atoms with Gasteiger partial charge in [-0.3, -0.25) is 4.57 Å². The molecule has 170 valence electrons. The number of hydrogen-bond acceptors (Lipinski definition) is 3. The molecule has 0 radical (unpaired) electrons. The van der Waals surface area contributed by atoms with Gasteiger partial charge in [-0.25, -0.2) is 0 Å². The quantitative estimate of drug-likeness (QED) is 0.265. The summed E-state index contributed by atoms with van der Waals surface area (Å²) >= 11 is 0. The van der Waals surface area contributed by atoms with Gasteiger partial charge in [-0.05, 0) is 12.8 Å². The fourth-order valence-corrected chi connectivity index (χ4v) is 2.87. The van der Waals surface area contributed by atoms with E-state index in [0.29, 0.717) is 0 Å². The molecule has 2 atom stereocenters. The minimum Gasteiger partial charge on any atom is -0.307 e. The van der Waals surface area contributed by atoms with Crippen LogP contribution in [-0.2, 0) is 13.6 Å². The largest absolute Gasteiger partial charge is 0.391 e. The Morgan fingerprint density at radius 1 is 0.571 bits per heavy atom. The molecule has 0 rings (SSSR count). The highest BCUT2D eigenvalue weighted by molar-refractivity contribution is 7.33. The van der Waals surface area contributed by atoms with Crippen molar-refractivity contribution in [3.05, 3.63) is 0 Å². The monoisotopic (exact) mass is 466 g/mol. The molecule has 2 unspecified atom stereocenters. The molecule has 0 saturated carbocycles. The van der Waals surface area contributed by atoms with E-state index in [2.05, 4.69) is 9.05 Å². The molecule has 28 heavy (non-hydrogen) atoms. The van der Waals surface area contributed by atoms with E-state index in [9.17, 15) is 57.3 Å². The summed E-state index contributed by atoms with van der Waals surface area (Å²) < 4.78 is 167. The van der Waals surface area contributed by atoms with Crippen LogP contribution in [0.2, 0.25) is 0 Å². The lowest BCUT2D eigenvalue weighted by atomic mass is 10.1. The molecule has 0 aliphatic rings. The van der Waals surface area contributed by atoms with Crippen molar-refractivity contribution in [1.29, 1.82) is 0 Å². The summed E-state index contributed by atoms with van der Waals surface area (Å²) in [6.07, 6.45) is -34.8. The van der Waals surface area contributed by atoms with Gasteiger partial charge in [-0.1, -0.05) is 0 Å². The third-order valence-corrected chi connectivity index (χ3v) is 4.00. The van der Waals surface area contributed by atoms with Crippen LogP contribution in [0, 0.1) is 0 Å². The third kappa shape index (κ3) is 17.4. The van der Waals surface area contributed by atoms with Gasteiger partial charge in [-0.15, -0.1) is 0 Å². The van der Waals surface area contributed by atoms with Gasteiger partial charge >= 0.3 is 33.0 Å². The minimum absolute atomic E-state index is 1.32. The summed E-state index contributed by atoms with van der Waals surface area (Å²) in [4.78, 5) is 0. The SMILES string of the molecule is O=[PH](OC(CCC(F)(F)F)CC(F)(F)F)OC(CCC(F)(F)F)CC(F)(F)F. The highest BCUT2D eigenvalue weighted by Gasteiger charge is 2.39. The highest BCUT2D eigenvalue weighted by Crippen LogP contribution is 2.39. The Morgan fingerprint density at radius 2 is 0.857 bits per heavy atom. The van der Waals surface area contributed by atoms with Crippen molar-refractivity contribution < 1.29 is 66.3 Å². The zero-order valence-electron chi connectivity index (χ0n) is 13.7. The lowest BCUT2D eigenvalue weighted by Crippen LogP contribution is -2.25. The minimum atomic E-state index is -5.06. The van der Waals surface area contributed by atoms with Crippen molar-refractivity contribution in [3.63, 3.8) is 0 Å². The van der Waals surface area contributed by atoms with Crippen LogP contribution in [0.5, 0.6) is 0 Å². The average Bonchev–Trinajstić information content (AvgIpc) is 2.37. The van der Waals surface area contributed by atoms with E-state index in [1.165, 1.54) is 0 Å². The highest BCUT2D eigenvalue weighted by atomic mass is 31.1. The summed E-state index contributed by atoms with van der Waals surface area (Å²) in [5, 5.41) is 0. The molecule has 0 heterocycles. The van der Waals surface area contributed by atoms with Crippen LogP contribution >= 0.6 is 8.25 Å². The molecule has 0 aromatic heterocycles. The fraction of sp³-hybridized carbons (Fsp3) is 1.00. The molecule has 3 nitrogen and oxygen atoms in total. The first-order valence-corrected chi connectivity index (χ1v) is 8.62. The number of hydrogen-bond donors (Lipinski definition) is 0. The van der Waals surface area contributed by atoms with Gasteiger partial charge in [0.25, 0.3) is 0 Å². The van der Waals surface area contributed by atoms with Gasteiger partial charge in [0.1, 0.15) is 0 Å². The molecule has 0 aliphatic heterocycles. The predicted molar refractivity (Wildman–Crippen MR) is 70.7 cm³/mol. The van der Waals surface area contributed by atoms with Crippen LogP contribution < -0.4 is 0 Å². The van der Waals surface area contributed by atoms with E-state index < -0.39 is 83.7 Å². The number of halogens is 12. The molecular weight excluding hydrogens is 451 g/mol. The van der Waals surface area contributed by atoms with Crippen LogP contribution in [0.25, 0.3) is 0 Å². The molecule has 0 aromatic carbocycles. The predicted octanol–water partition coefficient (Wildman–Crippen LogP) is 6.74. The topological polar surface area (TPSA) is 35.5 Å². The van der Waals surface area contributed by atoms with Crippen molar-refractivity contribution in [2.24, 2.45) is 0 Å². The third-order valence-electron chi connectivity index (χ3n) is 2.94. The van der Waals surface area contributed by atoms with Gasteiger partial charge in [-0.2, -0.15) is 52.7 Å². The van der Waals surface area contributed by atoms with E-state index >= 15 is 0 Å². The first kappa shape index (κ1) is 27.3. The molecule has 16 heteroatoms. The van der Waals surface area contributed by atoms with Crippen LogP contribution in [0.15, 0.2) is 0 Å². The second-order valence-electron chi connectivity index (χ2n) is 5.68. The van der Waals surface area contributed by atoms with E-state index in [4.69, 9.17) is 0 Å². The Bertz CT molecular complexity index is 440. The Kier molecular flexibility index (Phi) is 10.1. The standard InChI is InChI=1S/C12H15F12O3P/c13-9(14,15)3-1-7(5-11(19,20)21)26-28(25)27-8(6-12(22,23)24)2-4-10(16,17)18/h7-8,28H,1-6H2. The van der Waals surface area contributed by atoms with Crippen molar-refractivity contribution >= 4 is 8.25 Å². The maximum atomic E-state index is 12.3. The van der Waals surface area contributed by atoms with E-state index in [-0.39, 0.29) is 0 Å². The van der Waals surface area contributed by atoms with E-state index in [1.54, 1.807) is 0 Å². The van der Waals surface area contributed by atoms with Crippen LogP contribution in [-0.4, -0.2) is 36.9 Å². The first-order chi connectivity index (χ1) is 12.3. The summed E-state index contributed by atoms with van der Waals surface area (Å²) in [6, 6.07) is 0. The van der Waals surface area contributed by atoms with Gasteiger partial charge in [0.2, 0.25) is 0 Å². The van der Waals surface area contributed by atoms with Gasteiger partial charge in [0.15, 0.2) is 0 Å². The van der Waals surface area contributed by atoms with Crippen LogP contribution in [0.3, 0.4) is 0 Å². The smallest absolute Gasteiger partial charge is 0.307 e. The van der Waals surface area contributed by atoms with Crippen molar-refractivity contribution in [2.45, 2.75) is 75.4 Å². The molecular formula is C12H15F12O3P. The van der Waals surface area contributed by atoms with Crippen LogP contribution in [0.4, 0.5) is 52.7 Å². The van der Waals surface area contributed by atoms with Gasteiger partial charge < -0.3 is 9.05 Å². The summed E-state index contributed by atoms with van der Waals surface area (Å²) in [5.41, 5.74) is 0. The Labute approximate surface area is 151 Å². The Hall–Kier alpha value is -0.690. The lowest BCUT2D eigenvalue weighted by molar-refractivity contribution is -0.167. The summed E-state index contributed by atoms with van der Waals surface area (Å²) in [6.45, 7) is 0. The van der Waals surface area contributed by atoms with E-state index in [1.807, 2.05) is 0 Å². The molecule has 0 bridgehead atoms. The first-order valence-electron chi connectivity index (χ1n) is 7.40. The molecule has 0 amide bonds. The lowest BCUT2D eigenvalue weighted by Gasteiger charge is -2.23. The number of rotatable bonds is 10. The van der Waals surface area contributed by atoms with Crippen molar-refractivity contribution in [1.82, 2.24) is 0 Å². The molecule has 0 spiro atoms. The Balaban J connectivity index is 5.00. The second kappa shape index (κ2) is 10.4. The molecule has 0 aliphatic carbocycles. The second-order valence-corrected chi connectivity index (χ2v) is 6.65. The fourth-order valence-electron chi connectivity index (χ4n) is 1.87. The van der Waals surface area contributed by atoms with Crippen LogP contribution in [0.1, 0.15) is 38.5 Å². The van der Waals surface area contributed by atoms with Crippen molar-refractivity contribution in [2.75, 3.05) is 0 Å². The zero-order chi connectivity index (χ0) is 22.4. The normalized spacial score (nSPS) is 17.4. The molecule has 0 fully saturated rings. The summed E-state index contributed by atoms with van der Waals surface area (Å²) in [7, 11) is -4.25. The van der Waals surface area contributed by atoms with Gasteiger partial charge in [0, 0.05) is 12.8 Å². The van der Waals surface area contributed by atoms with Gasteiger partial charge in [0.05, 0.1) is 25.0 Å². The molecule has 0 N–H and O–H groups in total. The van der Waals surface area contributed by atoms with Crippen molar-refractivity contribution in [3.8, 4) is 0 Å². The Morgan fingerprint density at radius 3 is 1.07 bits per heavy atom. The molecule has 0 aromatic rings. The molecule has 0 saturated heterocycles. The maximum absolute atomic E-state index is 12.3. The number of alkyl halides is 12. The summed E-state index contributed by atoms with van der Waals surface area (Å²) in [5.74, 6) is 0. The average molecular weight is 466 g/mol. The van der Waals surface area contributed by atoms with E-state index in [0.717, 1.165) is 0 Å². The zero-order valence-corrected chi connectivity index (χ0v) is 14.7. The maximum Gasteiger partial charge on any atom is 0.391 e.